The van der Waals surface area contributed by atoms with Gasteiger partial charge in [-0.15, -0.1) is 0 Å². The molecule has 2 aromatic carbocycles. The van der Waals surface area contributed by atoms with Gasteiger partial charge in [-0.1, -0.05) is 30.3 Å². The van der Waals surface area contributed by atoms with Crippen LogP contribution in [0.25, 0.3) is 0 Å². The Morgan fingerprint density at radius 2 is 1.96 bits per heavy atom. The van der Waals surface area contributed by atoms with Gasteiger partial charge in [0, 0.05) is 11.6 Å². The summed E-state index contributed by atoms with van der Waals surface area (Å²) in [7, 11) is 1.47. The number of carbonyl (C=O) groups excluding carboxylic acids is 2. The van der Waals surface area contributed by atoms with Crippen molar-refractivity contribution in [1.82, 2.24) is 10.7 Å². The lowest BCUT2D eigenvalue weighted by atomic mass is 10.2. The van der Waals surface area contributed by atoms with Crippen LogP contribution in [-0.4, -0.2) is 48.2 Å². The molecule has 9 nitrogen and oxygen atoms in total. The Balaban J connectivity index is 1.84. The fourth-order valence-electron chi connectivity index (χ4n) is 2.10. The third-order valence-electron chi connectivity index (χ3n) is 3.62. The topological polar surface area (TPSA) is 129 Å². The summed E-state index contributed by atoms with van der Waals surface area (Å²) in [5.41, 5.74) is 3.30. The van der Waals surface area contributed by atoms with Crippen molar-refractivity contribution >= 4 is 18.2 Å². The molecule has 2 amide bonds. The number of phenols is 1. The fourth-order valence-corrected chi connectivity index (χ4v) is 2.10. The first-order chi connectivity index (χ1) is 13.5. The number of rotatable bonds is 8. The van der Waals surface area contributed by atoms with Crippen molar-refractivity contribution in [3.8, 4) is 11.5 Å². The molecule has 0 saturated heterocycles. The normalized spacial score (nSPS) is 11.6. The van der Waals surface area contributed by atoms with Gasteiger partial charge in [0.25, 0.3) is 5.91 Å². The summed E-state index contributed by atoms with van der Waals surface area (Å²) in [6.07, 6.45) is 0.365. The zero-order chi connectivity index (χ0) is 20.4. The maximum Gasteiger partial charge on any atom is 0.408 e. The maximum atomic E-state index is 12.0. The van der Waals surface area contributed by atoms with Crippen LogP contribution in [0.5, 0.6) is 11.5 Å². The van der Waals surface area contributed by atoms with Crippen molar-refractivity contribution in [2.45, 2.75) is 12.6 Å². The quantitative estimate of drug-likeness (QED) is 0.397. The molecule has 0 radical (unpaired) electrons. The second-order valence-electron chi connectivity index (χ2n) is 5.60. The van der Waals surface area contributed by atoms with Crippen molar-refractivity contribution in [3.63, 3.8) is 0 Å². The number of ether oxygens (including phenoxy) is 2. The molecule has 0 aliphatic rings. The van der Waals surface area contributed by atoms with Crippen molar-refractivity contribution < 1.29 is 29.3 Å². The molecule has 0 spiro atoms. The highest BCUT2D eigenvalue weighted by Gasteiger charge is 2.20. The number of aromatic hydroxyl groups is 1. The van der Waals surface area contributed by atoms with Crippen LogP contribution in [0.15, 0.2) is 53.6 Å². The number of carbonyl (C=O) groups is 2. The van der Waals surface area contributed by atoms with Crippen molar-refractivity contribution in [2.75, 3.05) is 13.7 Å². The van der Waals surface area contributed by atoms with Crippen LogP contribution in [-0.2, 0) is 16.1 Å². The molecule has 0 aliphatic heterocycles. The third-order valence-corrected chi connectivity index (χ3v) is 3.62. The van der Waals surface area contributed by atoms with Crippen LogP contribution >= 0.6 is 0 Å². The van der Waals surface area contributed by atoms with Crippen LogP contribution in [0.2, 0.25) is 0 Å². The van der Waals surface area contributed by atoms with E-state index in [1.807, 2.05) is 6.07 Å². The minimum absolute atomic E-state index is 0.0291. The number of benzene rings is 2. The Morgan fingerprint density at radius 3 is 2.61 bits per heavy atom. The summed E-state index contributed by atoms with van der Waals surface area (Å²) in [5.74, 6) is -0.362. The molecule has 0 heterocycles. The van der Waals surface area contributed by atoms with E-state index in [1.54, 1.807) is 36.4 Å². The van der Waals surface area contributed by atoms with Crippen LogP contribution in [0.3, 0.4) is 0 Å². The summed E-state index contributed by atoms with van der Waals surface area (Å²) < 4.78 is 9.97. The molecule has 28 heavy (non-hydrogen) atoms. The van der Waals surface area contributed by atoms with E-state index < -0.39 is 24.6 Å². The van der Waals surface area contributed by atoms with Gasteiger partial charge in [0.2, 0.25) is 0 Å². The lowest BCUT2D eigenvalue weighted by molar-refractivity contribution is -0.123. The number of hydrazone groups is 1. The number of hydrogen-bond donors (Lipinski definition) is 4. The Labute approximate surface area is 161 Å². The lowest BCUT2D eigenvalue weighted by Gasteiger charge is -2.14. The molecule has 2 rings (SSSR count). The number of aliphatic hydroxyl groups is 1. The molecular formula is C19H21N3O6. The van der Waals surface area contributed by atoms with Gasteiger partial charge in [-0.25, -0.2) is 10.2 Å². The van der Waals surface area contributed by atoms with Gasteiger partial charge in [-0.05, 0) is 17.7 Å². The first kappa shape index (κ1) is 20.7. The number of phenolic OH excluding ortho intramolecular Hbond substituents is 1. The second-order valence-corrected chi connectivity index (χ2v) is 5.60. The van der Waals surface area contributed by atoms with Crippen LogP contribution < -0.4 is 15.5 Å². The number of amides is 2. The van der Waals surface area contributed by atoms with Gasteiger partial charge >= 0.3 is 6.09 Å². The molecule has 0 fully saturated rings. The second kappa shape index (κ2) is 10.5. The molecule has 0 unspecified atom stereocenters. The zero-order valence-electron chi connectivity index (χ0n) is 15.2. The van der Waals surface area contributed by atoms with E-state index in [0.717, 1.165) is 5.56 Å². The Hall–Kier alpha value is -3.59. The number of aliphatic hydroxyl groups excluding tert-OH is 1. The Kier molecular flexibility index (Phi) is 7.79. The standard InChI is InChI=1S/C19H21N3O6/c1-27-15-8-7-14(17(24)9-15)10-20-22-18(25)16(11-23)21-19(26)28-12-13-5-3-2-4-6-13/h2-10,16,23-24H,11-12H2,1H3,(H,21,26)(H,22,25)/b20-10+/t16-/m0/s1. The van der Waals surface area contributed by atoms with E-state index in [2.05, 4.69) is 15.8 Å². The van der Waals surface area contributed by atoms with E-state index in [-0.39, 0.29) is 12.4 Å². The highest BCUT2D eigenvalue weighted by molar-refractivity contribution is 5.88. The largest absolute Gasteiger partial charge is 0.507 e. The van der Waals surface area contributed by atoms with Crippen LogP contribution in [0, 0.1) is 0 Å². The van der Waals surface area contributed by atoms with Crippen LogP contribution in [0.4, 0.5) is 4.79 Å². The summed E-state index contributed by atoms with van der Waals surface area (Å²) >= 11 is 0. The number of methoxy groups -OCH3 is 1. The minimum Gasteiger partial charge on any atom is -0.507 e. The molecular weight excluding hydrogens is 366 g/mol. The molecule has 1 atom stereocenters. The molecule has 148 valence electrons. The van der Waals surface area contributed by atoms with Gasteiger partial charge in [0.05, 0.1) is 19.9 Å². The summed E-state index contributed by atoms with van der Waals surface area (Å²) in [5, 5.41) is 25.1. The number of alkyl carbamates (subject to hydrolysis) is 1. The molecule has 0 saturated carbocycles. The monoisotopic (exact) mass is 387 g/mol. The highest BCUT2D eigenvalue weighted by Crippen LogP contribution is 2.21. The van der Waals surface area contributed by atoms with Gasteiger partial charge in [0.1, 0.15) is 24.1 Å². The van der Waals surface area contributed by atoms with Crippen molar-refractivity contribution in [1.29, 1.82) is 0 Å². The molecule has 0 aliphatic carbocycles. The first-order valence-corrected chi connectivity index (χ1v) is 8.31. The Morgan fingerprint density at radius 1 is 1.21 bits per heavy atom. The molecule has 9 heteroatoms. The average Bonchev–Trinajstić information content (AvgIpc) is 2.72. The van der Waals surface area contributed by atoms with E-state index in [0.29, 0.717) is 11.3 Å². The Bertz CT molecular complexity index is 826. The fraction of sp³-hybridized carbons (Fsp3) is 0.211. The first-order valence-electron chi connectivity index (χ1n) is 8.31. The SMILES string of the molecule is COc1ccc(/C=N/NC(=O)[C@H](CO)NC(=O)OCc2ccccc2)c(O)c1. The van der Waals surface area contributed by atoms with E-state index >= 15 is 0 Å². The molecule has 2 aromatic rings. The molecule has 0 bridgehead atoms. The maximum absolute atomic E-state index is 12.0. The van der Waals surface area contributed by atoms with Gasteiger partial charge in [-0.2, -0.15) is 5.10 Å². The minimum atomic E-state index is -1.25. The summed E-state index contributed by atoms with van der Waals surface area (Å²) in [6, 6.07) is 12.3. The number of hydrogen-bond acceptors (Lipinski definition) is 7. The molecule has 0 aromatic heterocycles. The summed E-state index contributed by atoms with van der Waals surface area (Å²) in [6.45, 7) is -0.614. The average molecular weight is 387 g/mol. The third kappa shape index (κ3) is 6.29. The van der Waals surface area contributed by atoms with E-state index in [4.69, 9.17) is 9.47 Å². The van der Waals surface area contributed by atoms with E-state index in [1.165, 1.54) is 19.4 Å². The zero-order valence-corrected chi connectivity index (χ0v) is 15.2. The van der Waals surface area contributed by atoms with Crippen LogP contribution in [0.1, 0.15) is 11.1 Å². The van der Waals surface area contributed by atoms with Gasteiger partial charge < -0.3 is 25.0 Å². The van der Waals surface area contributed by atoms with Gasteiger partial charge in [0.15, 0.2) is 0 Å². The lowest BCUT2D eigenvalue weighted by Crippen LogP contribution is -2.47. The number of nitrogens with one attached hydrogen (secondary N) is 2. The predicted molar refractivity (Wildman–Crippen MR) is 101 cm³/mol. The van der Waals surface area contributed by atoms with Crippen molar-refractivity contribution in [2.24, 2.45) is 5.10 Å². The van der Waals surface area contributed by atoms with E-state index in [9.17, 15) is 19.8 Å². The predicted octanol–water partition coefficient (Wildman–Crippen LogP) is 1.14. The number of nitrogens with zero attached hydrogens (tertiary/aromatic N) is 1. The highest BCUT2D eigenvalue weighted by atomic mass is 16.5. The van der Waals surface area contributed by atoms with Gasteiger partial charge in [-0.3, -0.25) is 4.79 Å². The summed E-state index contributed by atoms with van der Waals surface area (Å²) in [4.78, 5) is 23.8. The van der Waals surface area contributed by atoms with Crippen molar-refractivity contribution in [3.05, 3.63) is 59.7 Å². The smallest absolute Gasteiger partial charge is 0.408 e. The molecule has 4 N–H and O–H groups in total.